The number of amides is 2. The van der Waals surface area contributed by atoms with E-state index in [-0.39, 0.29) is 24.3 Å². The van der Waals surface area contributed by atoms with Gasteiger partial charge in [0.25, 0.3) is 5.91 Å². The van der Waals surface area contributed by atoms with Gasteiger partial charge in [0.1, 0.15) is 0 Å². The summed E-state index contributed by atoms with van der Waals surface area (Å²) in [6.07, 6.45) is 3.60. The molecule has 2 amide bonds. The highest BCUT2D eigenvalue weighted by Gasteiger charge is 2.16. The molecule has 1 N–H and O–H groups in total. The van der Waals surface area contributed by atoms with Crippen LogP contribution in [0.4, 0.5) is 0 Å². The van der Waals surface area contributed by atoms with Gasteiger partial charge in [0, 0.05) is 31.1 Å². The second-order valence-electron chi connectivity index (χ2n) is 4.82. The molecule has 1 rings (SSSR count). The van der Waals surface area contributed by atoms with Crippen LogP contribution in [-0.2, 0) is 4.79 Å². The molecule has 1 unspecified atom stereocenters. The summed E-state index contributed by atoms with van der Waals surface area (Å²) >= 11 is 0. The molecular formula is C17H22N2O2. The molecule has 0 aliphatic heterocycles. The lowest BCUT2D eigenvalue weighted by molar-refractivity contribution is -0.130. The van der Waals surface area contributed by atoms with Gasteiger partial charge in [-0.3, -0.25) is 9.59 Å². The maximum atomic E-state index is 12.1. The van der Waals surface area contributed by atoms with Crippen molar-refractivity contribution >= 4 is 11.8 Å². The van der Waals surface area contributed by atoms with Crippen LogP contribution < -0.4 is 5.32 Å². The van der Waals surface area contributed by atoms with Crippen LogP contribution in [0.5, 0.6) is 0 Å². The molecule has 0 heterocycles. The van der Waals surface area contributed by atoms with Crippen LogP contribution in [0.3, 0.4) is 0 Å². The third kappa shape index (κ3) is 5.65. The van der Waals surface area contributed by atoms with Crippen molar-refractivity contribution in [2.75, 3.05) is 13.1 Å². The van der Waals surface area contributed by atoms with E-state index in [1.54, 1.807) is 41.3 Å². The number of hydrogen-bond donors (Lipinski definition) is 1. The van der Waals surface area contributed by atoms with Crippen molar-refractivity contribution in [2.45, 2.75) is 19.4 Å². The van der Waals surface area contributed by atoms with Gasteiger partial charge in [-0.15, -0.1) is 13.2 Å². The average molecular weight is 286 g/mol. The highest BCUT2D eigenvalue weighted by atomic mass is 16.2. The van der Waals surface area contributed by atoms with Gasteiger partial charge in [-0.05, 0) is 19.1 Å². The molecule has 4 heteroatoms. The first kappa shape index (κ1) is 16.7. The van der Waals surface area contributed by atoms with Crippen LogP contribution in [0, 0.1) is 0 Å². The topological polar surface area (TPSA) is 49.4 Å². The molecule has 0 saturated heterocycles. The Morgan fingerprint density at radius 2 is 1.76 bits per heavy atom. The maximum absolute atomic E-state index is 12.1. The van der Waals surface area contributed by atoms with E-state index in [9.17, 15) is 9.59 Å². The standard InChI is InChI=1S/C17H22N2O2/c1-4-11-19(12-5-2)16(20)13-14(3)18-17(21)15-9-7-6-8-10-15/h4-10,14H,1-2,11-13H2,3H3,(H,18,21). The normalized spacial score (nSPS) is 11.3. The van der Waals surface area contributed by atoms with Crippen LogP contribution in [0.25, 0.3) is 0 Å². The number of benzene rings is 1. The summed E-state index contributed by atoms with van der Waals surface area (Å²) in [5, 5.41) is 2.83. The quantitative estimate of drug-likeness (QED) is 0.746. The average Bonchev–Trinajstić information content (AvgIpc) is 2.47. The van der Waals surface area contributed by atoms with Crippen molar-refractivity contribution in [1.29, 1.82) is 0 Å². The molecule has 0 saturated carbocycles. The van der Waals surface area contributed by atoms with Gasteiger partial charge in [-0.25, -0.2) is 0 Å². The number of carbonyl (C=O) groups is 2. The predicted octanol–water partition coefficient (Wildman–Crippen LogP) is 2.40. The minimum atomic E-state index is -0.234. The van der Waals surface area contributed by atoms with Crippen molar-refractivity contribution in [2.24, 2.45) is 0 Å². The monoisotopic (exact) mass is 286 g/mol. The van der Waals surface area contributed by atoms with Gasteiger partial charge >= 0.3 is 0 Å². The summed E-state index contributed by atoms with van der Waals surface area (Å²) in [6.45, 7) is 10.0. The van der Waals surface area contributed by atoms with Crippen LogP contribution >= 0.6 is 0 Å². The van der Waals surface area contributed by atoms with E-state index < -0.39 is 0 Å². The van der Waals surface area contributed by atoms with Crippen LogP contribution in [0.1, 0.15) is 23.7 Å². The van der Waals surface area contributed by atoms with Crippen molar-refractivity contribution in [3.63, 3.8) is 0 Å². The zero-order chi connectivity index (χ0) is 15.7. The van der Waals surface area contributed by atoms with Crippen molar-refractivity contribution in [1.82, 2.24) is 10.2 Å². The Morgan fingerprint density at radius 1 is 1.19 bits per heavy atom. The number of nitrogens with one attached hydrogen (secondary N) is 1. The molecule has 1 atom stereocenters. The summed E-state index contributed by atoms with van der Waals surface area (Å²) in [7, 11) is 0. The van der Waals surface area contributed by atoms with Gasteiger partial charge in [-0.1, -0.05) is 30.4 Å². The molecule has 4 nitrogen and oxygen atoms in total. The van der Waals surface area contributed by atoms with Gasteiger partial charge in [0.2, 0.25) is 5.91 Å². The Kier molecular flexibility index (Phi) is 6.95. The van der Waals surface area contributed by atoms with E-state index in [0.717, 1.165) is 0 Å². The maximum Gasteiger partial charge on any atom is 0.251 e. The fourth-order valence-electron chi connectivity index (χ4n) is 1.93. The van der Waals surface area contributed by atoms with E-state index in [1.165, 1.54) is 0 Å². The van der Waals surface area contributed by atoms with E-state index >= 15 is 0 Å². The zero-order valence-electron chi connectivity index (χ0n) is 12.4. The van der Waals surface area contributed by atoms with E-state index in [2.05, 4.69) is 18.5 Å². The third-order valence-corrected chi connectivity index (χ3v) is 2.95. The number of nitrogens with zero attached hydrogens (tertiary/aromatic N) is 1. The Hall–Kier alpha value is -2.36. The minimum absolute atomic E-state index is 0.0318. The fourth-order valence-corrected chi connectivity index (χ4v) is 1.93. The highest BCUT2D eigenvalue weighted by Crippen LogP contribution is 2.03. The first-order valence-electron chi connectivity index (χ1n) is 6.94. The van der Waals surface area contributed by atoms with E-state index in [4.69, 9.17) is 0 Å². The molecule has 0 spiro atoms. The molecule has 0 fully saturated rings. The van der Waals surface area contributed by atoms with Gasteiger partial charge in [-0.2, -0.15) is 0 Å². The van der Waals surface area contributed by atoms with E-state index in [1.807, 2.05) is 13.0 Å². The molecule has 0 bridgehead atoms. The predicted molar refractivity (Wildman–Crippen MR) is 85.0 cm³/mol. The Bertz CT molecular complexity index is 487. The zero-order valence-corrected chi connectivity index (χ0v) is 12.4. The SMILES string of the molecule is C=CCN(CC=C)C(=O)CC(C)NC(=O)c1ccccc1. The molecule has 21 heavy (non-hydrogen) atoms. The molecule has 112 valence electrons. The van der Waals surface area contributed by atoms with Gasteiger partial charge in [0.15, 0.2) is 0 Å². The number of rotatable bonds is 8. The number of hydrogen-bond acceptors (Lipinski definition) is 2. The van der Waals surface area contributed by atoms with E-state index in [0.29, 0.717) is 18.7 Å². The second kappa shape index (κ2) is 8.74. The second-order valence-corrected chi connectivity index (χ2v) is 4.82. The Balaban J connectivity index is 2.54. The Labute approximate surface area is 126 Å². The van der Waals surface area contributed by atoms with Crippen LogP contribution in [0.2, 0.25) is 0 Å². The van der Waals surface area contributed by atoms with Gasteiger partial charge < -0.3 is 10.2 Å². The molecule has 1 aromatic rings. The summed E-state index contributed by atoms with van der Waals surface area (Å²) in [6, 6.07) is 8.72. The first-order chi connectivity index (χ1) is 10.1. The molecule has 0 aromatic heterocycles. The minimum Gasteiger partial charge on any atom is -0.349 e. The number of carbonyl (C=O) groups excluding carboxylic acids is 2. The lowest BCUT2D eigenvalue weighted by Gasteiger charge is -2.22. The van der Waals surface area contributed by atoms with Crippen LogP contribution in [0.15, 0.2) is 55.6 Å². The lowest BCUT2D eigenvalue weighted by atomic mass is 10.1. The molecule has 0 aliphatic rings. The molecule has 0 radical (unpaired) electrons. The third-order valence-electron chi connectivity index (χ3n) is 2.95. The highest BCUT2D eigenvalue weighted by molar-refractivity contribution is 5.94. The molecule has 1 aromatic carbocycles. The molecule has 0 aliphatic carbocycles. The summed E-state index contributed by atoms with van der Waals surface area (Å²) in [5.41, 5.74) is 0.589. The lowest BCUT2D eigenvalue weighted by Crippen LogP contribution is -2.39. The van der Waals surface area contributed by atoms with Gasteiger partial charge in [0.05, 0.1) is 0 Å². The van der Waals surface area contributed by atoms with Crippen molar-refractivity contribution in [3.05, 3.63) is 61.2 Å². The smallest absolute Gasteiger partial charge is 0.251 e. The molecular weight excluding hydrogens is 264 g/mol. The van der Waals surface area contributed by atoms with Crippen molar-refractivity contribution < 1.29 is 9.59 Å². The largest absolute Gasteiger partial charge is 0.349 e. The summed E-state index contributed by atoms with van der Waals surface area (Å²) < 4.78 is 0. The van der Waals surface area contributed by atoms with Crippen LogP contribution in [-0.4, -0.2) is 35.8 Å². The summed E-state index contributed by atoms with van der Waals surface area (Å²) in [4.78, 5) is 25.8. The Morgan fingerprint density at radius 3 is 2.29 bits per heavy atom. The fraction of sp³-hybridized carbons (Fsp3) is 0.294. The summed E-state index contributed by atoms with van der Waals surface area (Å²) in [5.74, 6) is -0.203. The first-order valence-corrected chi connectivity index (χ1v) is 6.94. The van der Waals surface area contributed by atoms with Crippen molar-refractivity contribution in [3.8, 4) is 0 Å².